The van der Waals surface area contributed by atoms with Gasteiger partial charge in [0.1, 0.15) is 5.75 Å². The van der Waals surface area contributed by atoms with Crippen LogP contribution in [-0.2, 0) is 9.84 Å². The molecule has 1 aromatic rings. The molecule has 0 N–H and O–H groups in total. The van der Waals surface area contributed by atoms with Crippen molar-refractivity contribution in [3.8, 4) is 5.75 Å². The Labute approximate surface area is 176 Å². The molecule has 28 heavy (non-hydrogen) atoms. The van der Waals surface area contributed by atoms with Crippen LogP contribution in [0.2, 0.25) is 13.1 Å². The number of rotatable bonds is 14. The summed E-state index contributed by atoms with van der Waals surface area (Å²) in [6.07, 6.45) is 13.5. The number of unbranched alkanes of at least 4 members (excludes halogenated alkanes) is 9. The highest BCUT2D eigenvalue weighted by atomic mass is 28.4. The molecule has 1 rings (SSSR count). The van der Waals surface area contributed by atoms with Crippen LogP contribution in [0, 0.1) is 6.92 Å². The number of hydrogen-bond donors (Lipinski definition) is 0. The van der Waals surface area contributed by atoms with E-state index < -0.39 is 8.56 Å². The first-order chi connectivity index (χ1) is 13.2. The molecule has 2 nitrogen and oxygen atoms in total. The smallest absolute Gasteiger partial charge is 0.392 e. The molecule has 0 saturated carbocycles. The maximum Gasteiger partial charge on any atom is 0.392 e. The van der Waals surface area contributed by atoms with Crippen LogP contribution in [-0.4, -0.2) is 15.2 Å². The van der Waals surface area contributed by atoms with Gasteiger partial charge in [0, 0.05) is 6.61 Å². The quantitative estimate of drug-likeness (QED) is 0.228. The summed E-state index contributed by atoms with van der Waals surface area (Å²) in [7, 11) is -2.18. The maximum absolute atomic E-state index is 6.50. The van der Waals surface area contributed by atoms with E-state index in [4.69, 9.17) is 8.85 Å². The molecule has 0 amide bonds. The zero-order valence-electron chi connectivity index (χ0n) is 19.8. The SMILES string of the molecule is CCCCCCCCCCCCO[Si](C)(C)Oc1c(C)cccc1C(C)(C)C. The predicted molar refractivity (Wildman–Crippen MR) is 126 cm³/mol. The third kappa shape index (κ3) is 10.1. The zero-order chi connectivity index (χ0) is 21.0. The summed E-state index contributed by atoms with van der Waals surface area (Å²) in [4.78, 5) is 0. The van der Waals surface area contributed by atoms with E-state index in [1.807, 2.05) is 0 Å². The molecule has 0 aromatic heterocycles. The molecule has 162 valence electrons. The average Bonchev–Trinajstić information content (AvgIpc) is 2.60. The van der Waals surface area contributed by atoms with Crippen molar-refractivity contribution in [2.45, 2.75) is 117 Å². The molecule has 0 spiro atoms. The van der Waals surface area contributed by atoms with Gasteiger partial charge in [0.15, 0.2) is 0 Å². The summed E-state index contributed by atoms with van der Waals surface area (Å²) in [5.74, 6) is 1.04. The van der Waals surface area contributed by atoms with Gasteiger partial charge < -0.3 is 8.85 Å². The molecule has 0 aliphatic carbocycles. The van der Waals surface area contributed by atoms with E-state index in [-0.39, 0.29) is 5.41 Å². The van der Waals surface area contributed by atoms with Crippen molar-refractivity contribution >= 4 is 8.56 Å². The van der Waals surface area contributed by atoms with Crippen molar-refractivity contribution in [2.75, 3.05) is 6.61 Å². The Kier molecular flexibility index (Phi) is 11.4. The first-order valence-electron chi connectivity index (χ1n) is 11.6. The normalized spacial score (nSPS) is 12.4. The van der Waals surface area contributed by atoms with Crippen LogP contribution in [0.5, 0.6) is 5.75 Å². The minimum atomic E-state index is -2.18. The second kappa shape index (κ2) is 12.7. The summed E-state index contributed by atoms with van der Waals surface area (Å²) in [6, 6.07) is 6.45. The molecule has 0 unspecified atom stereocenters. The van der Waals surface area contributed by atoms with Gasteiger partial charge in [0.05, 0.1) is 0 Å². The molecule has 0 heterocycles. The first kappa shape index (κ1) is 25.2. The van der Waals surface area contributed by atoms with Gasteiger partial charge in [-0.2, -0.15) is 0 Å². The molecule has 0 aliphatic rings. The van der Waals surface area contributed by atoms with Gasteiger partial charge in [-0.3, -0.25) is 0 Å². The van der Waals surface area contributed by atoms with E-state index in [1.165, 1.54) is 68.9 Å². The molecule has 0 radical (unpaired) electrons. The highest BCUT2D eigenvalue weighted by Crippen LogP contribution is 2.35. The first-order valence-corrected chi connectivity index (χ1v) is 14.4. The third-order valence-electron chi connectivity index (χ3n) is 5.32. The molecule has 0 bridgehead atoms. The number of aryl methyl sites for hydroxylation is 1. The second-order valence-corrected chi connectivity index (χ2v) is 13.0. The minimum absolute atomic E-state index is 0.0718. The summed E-state index contributed by atoms with van der Waals surface area (Å²) in [6.45, 7) is 16.3. The van der Waals surface area contributed by atoms with Gasteiger partial charge in [-0.1, -0.05) is 104 Å². The van der Waals surface area contributed by atoms with Crippen LogP contribution in [0.15, 0.2) is 18.2 Å². The van der Waals surface area contributed by atoms with Gasteiger partial charge in [-0.05, 0) is 43.0 Å². The molecule has 0 saturated heterocycles. The highest BCUT2D eigenvalue weighted by Gasteiger charge is 2.30. The summed E-state index contributed by atoms with van der Waals surface area (Å²) in [5.41, 5.74) is 2.55. The summed E-state index contributed by atoms with van der Waals surface area (Å²) in [5, 5.41) is 0. The lowest BCUT2D eigenvalue weighted by molar-refractivity contribution is 0.239. The monoisotopic (exact) mass is 406 g/mol. The molecule has 3 heteroatoms. The van der Waals surface area contributed by atoms with Crippen LogP contribution in [0.3, 0.4) is 0 Å². The number of benzene rings is 1. The zero-order valence-corrected chi connectivity index (χ0v) is 20.8. The van der Waals surface area contributed by atoms with E-state index in [0.717, 1.165) is 18.8 Å². The standard InChI is InChI=1S/C25H46O2Si/c1-8-9-10-11-12-13-14-15-16-17-21-26-28(6,7)27-24-22(2)19-18-20-23(24)25(3,4)5/h18-20H,8-17,21H2,1-7H3. The lowest BCUT2D eigenvalue weighted by atomic mass is 9.85. The summed E-state index contributed by atoms with van der Waals surface area (Å²) >= 11 is 0. The van der Waals surface area contributed by atoms with Gasteiger partial charge in [-0.15, -0.1) is 0 Å². The topological polar surface area (TPSA) is 18.5 Å². The lowest BCUT2D eigenvalue weighted by Gasteiger charge is -2.30. The molecular weight excluding hydrogens is 360 g/mol. The van der Waals surface area contributed by atoms with Crippen LogP contribution in [0.25, 0.3) is 0 Å². The van der Waals surface area contributed by atoms with Crippen LogP contribution in [0.1, 0.15) is 103 Å². The van der Waals surface area contributed by atoms with E-state index in [9.17, 15) is 0 Å². The molecular formula is C25H46O2Si. The van der Waals surface area contributed by atoms with Crippen molar-refractivity contribution < 1.29 is 8.85 Å². The van der Waals surface area contributed by atoms with Crippen molar-refractivity contribution in [3.05, 3.63) is 29.3 Å². The Hall–Kier alpha value is -0.803. The van der Waals surface area contributed by atoms with Crippen LogP contribution < -0.4 is 4.43 Å². The molecule has 1 aromatic carbocycles. The fourth-order valence-corrected chi connectivity index (χ4v) is 5.02. The van der Waals surface area contributed by atoms with Crippen molar-refractivity contribution in [1.82, 2.24) is 0 Å². The van der Waals surface area contributed by atoms with Crippen LogP contribution in [0.4, 0.5) is 0 Å². The highest BCUT2D eigenvalue weighted by molar-refractivity contribution is 6.65. The molecule has 0 aliphatic heterocycles. The number of para-hydroxylation sites is 1. The largest absolute Gasteiger partial charge is 0.520 e. The predicted octanol–water partition coefficient (Wildman–Crippen LogP) is 8.31. The average molecular weight is 407 g/mol. The van der Waals surface area contributed by atoms with Crippen molar-refractivity contribution in [1.29, 1.82) is 0 Å². The van der Waals surface area contributed by atoms with Gasteiger partial charge in [0.25, 0.3) is 0 Å². The fourth-order valence-electron chi connectivity index (χ4n) is 3.56. The van der Waals surface area contributed by atoms with E-state index >= 15 is 0 Å². The molecule has 0 atom stereocenters. The van der Waals surface area contributed by atoms with Crippen molar-refractivity contribution in [3.63, 3.8) is 0 Å². The van der Waals surface area contributed by atoms with Crippen LogP contribution >= 0.6 is 0 Å². The van der Waals surface area contributed by atoms with Gasteiger partial charge >= 0.3 is 8.56 Å². The lowest BCUT2D eigenvalue weighted by Crippen LogP contribution is -2.39. The summed E-state index contributed by atoms with van der Waals surface area (Å²) < 4.78 is 12.7. The Morgan fingerprint density at radius 3 is 1.89 bits per heavy atom. The van der Waals surface area contributed by atoms with E-state index in [0.29, 0.717) is 0 Å². The Balaban J connectivity index is 2.31. The van der Waals surface area contributed by atoms with E-state index in [1.54, 1.807) is 0 Å². The Bertz CT molecular complexity index is 546. The fraction of sp³-hybridized carbons (Fsp3) is 0.760. The second-order valence-electron chi connectivity index (χ2n) is 9.73. The van der Waals surface area contributed by atoms with Gasteiger partial charge in [0.2, 0.25) is 0 Å². The molecule has 0 fully saturated rings. The third-order valence-corrected chi connectivity index (χ3v) is 6.91. The Morgan fingerprint density at radius 1 is 0.821 bits per heavy atom. The van der Waals surface area contributed by atoms with Gasteiger partial charge in [-0.25, -0.2) is 0 Å². The minimum Gasteiger partial charge on any atom is -0.520 e. The maximum atomic E-state index is 6.50. The van der Waals surface area contributed by atoms with E-state index in [2.05, 4.69) is 65.9 Å². The number of hydrogen-bond acceptors (Lipinski definition) is 2. The van der Waals surface area contributed by atoms with Crippen molar-refractivity contribution in [2.24, 2.45) is 0 Å². The Morgan fingerprint density at radius 2 is 1.36 bits per heavy atom.